The summed E-state index contributed by atoms with van der Waals surface area (Å²) >= 11 is 0. The van der Waals surface area contributed by atoms with E-state index in [9.17, 15) is 14.4 Å². The minimum Gasteiger partial charge on any atom is -0.462 e. The van der Waals surface area contributed by atoms with Crippen molar-refractivity contribution < 1.29 is 28.6 Å². The van der Waals surface area contributed by atoms with Gasteiger partial charge in [-0.1, -0.05) is 223 Å². The Morgan fingerprint density at radius 3 is 0.937 bits per heavy atom. The number of carbonyl (C=O) groups is 3. The van der Waals surface area contributed by atoms with E-state index in [2.05, 4.69) is 81.5 Å². The third kappa shape index (κ3) is 50.0. The van der Waals surface area contributed by atoms with Crippen molar-refractivity contribution >= 4 is 17.9 Å². The highest BCUT2D eigenvalue weighted by Crippen LogP contribution is 2.15. The van der Waals surface area contributed by atoms with Gasteiger partial charge in [-0.2, -0.15) is 0 Å². The predicted molar refractivity (Wildman–Crippen MR) is 270 cm³/mol. The highest BCUT2D eigenvalue weighted by atomic mass is 16.6. The Morgan fingerprint density at radius 2 is 0.587 bits per heavy atom. The molecular formula is C57H100O6. The van der Waals surface area contributed by atoms with Gasteiger partial charge in [-0.05, 0) is 83.5 Å². The molecule has 0 aromatic heterocycles. The fourth-order valence-corrected chi connectivity index (χ4v) is 7.41. The second-order valence-corrected chi connectivity index (χ2v) is 17.8. The van der Waals surface area contributed by atoms with E-state index in [4.69, 9.17) is 14.2 Å². The molecule has 63 heavy (non-hydrogen) atoms. The number of esters is 3. The van der Waals surface area contributed by atoms with Gasteiger partial charge in [0.25, 0.3) is 0 Å². The lowest BCUT2D eigenvalue weighted by atomic mass is 10.1. The molecule has 6 heteroatoms. The Morgan fingerprint density at radius 1 is 0.317 bits per heavy atom. The molecule has 0 aromatic rings. The van der Waals surface area contributed by atoms with Crippen LogP contribution in [0, 0.1) is 0 Å². The lowest BCUT2D eigenvalue weighted by Gasteiger charge is -2.18. The zero-order chi connectivity index (χ0) is 45.8. The minimum atomic E-state index is -0.778. The summed E-state index contributed by atoms with van der Waals surface area (Å²) < 4.78 is 16.7. The van der Waals surface area contributed by atoms with Crippen LogP contribution in [0.3, 0.4) is 0 Å². The van der Waals surface area contributed by atoms with E-state index in [-0.39, 0.29) is 31.1 Å². The second kappa shape index (κ2) is 51.7. The number of unbranched alkanes of at least 4 members (excludes halogenated alkanes) is 27. The molecule has 0 amide bonds. The summed E-state index contributed by atoms with van der Waals surface area (Å²) in [5, 5.41) is 0. The van der Waals surface area contributed by atoms with Crippen molar-refractivity contribution in [2.45, 2.75) is 271 Å². The van der Waals surface area contributed by atoms with E-state index in [1.807, 2.05) is 0 Å². The summed E-state index contributed by atoms with van der Waals surface area (Å²) in [7, 11) is 0. The fourth-order valence-electron chi connectivity index (χ4n) is 7.41. The van der Waals surface area contributed by atoms with Gasteiger partial charge in [-0.3, -0.25) is 14.4 Å². The average molecular weight is 881 g/mol. The smallest absolute Gasteiger partial charge is 0.306 e. The molecule has 364 valence electrons. The van der Waals surface area contributed by atoms with E-state index in [1.54, 1.807) is 0 Å². The van der Waals surface area contributed by atoms with Crippen LogP contribution in [0.2, 0.25) is 0 Å². The van der Waals surface area contributed by atoms with Gasteiger partial charge in [0.2, 0.25) is 0 Å². The Balaban J connectivity index is 4.14. The number of hydrogen-bond acceptors (Lipinski definition) is 6. The van der Waals surface area contributed by atoms with Crippen LogP contribution in [-0.4, -0.2) is 37.2 Å². The molecule has 0 aliphatic rings. The summed E-state index contributed by atoms with van der Waals surface area (Å²) in [6.07, 6.45) is 63.8. The van der Waals surface area contributed by atoms with Crippen LogP contribution in [0.4, 0.5) is 0 Å². The van der Waals surface area contributed by atoms with Crippen LogP contribution in [0.15, 0.2) is 60.8 Å². The van der Waals surface area contributed by atoms with Crippen molar-refractivity contribution in [1.82, 2.24) is 0 Å². The standard InChI is InChI=1S/C57H100O6/c1-4-7-10-13-16-18-20-22-24-25-26-27-28-29-30-31-32-33-34-36-37-39-41-44-47-50-56(59)62-53-54(52-61-55(58)49-46-43-15-12-9-6-3)63-57(60)51-48-45-42-40-38-35-23-21-19-17-14-11-8-5-2/h14,17,20-23,25-26,28-29,54H,4-13,15-16,18-19,24,27,30-53H2,1-3H3/b17-14-,22-20-,23-21-,26-25-,29-28-. The molecule has 0 spiro atoms. The maximum Gasteiger partial charge on any atom is 0.306 e. The van der Waals surface area contributed by atoms with E-state index in [1.165, 1.54) is 128 Å². The Labute approximate surface area is 390 Å². The van der Waals surface area contributed by atoms with Gasteiger partial charge in [0.15, 0.2) is 6.10 Å². The summed E-state index contributed by atoms with van der Waals surface area (Å²) in [4.78, 5) is 37.7. The van der Waals surface area contributed by atoms with E-state index < -0.39 is 6.10 Å². The first kappa shape index (κ1) is 60.1. The van der Waals surface area contributed by atoms with Gasteiger partial charge in [0, 0.05) is 19.3 Å². The monoisotopic (exact) mass is 881 g/mol. The quantitative estimate of drug-likeness (QED) is 0.0262. The SMILES string of the molecule is CCCC/C=C\C/C=C\CCCCCCCC(=O)OC(COC(=O)CCCCCCCC)COC(=O)CCCCCCCCCCCC/C=C\C/C=C\C/C=C\CCCCCCC. The molecule has 0 aromatic carbocycles. The van der Waals surface area contributed by atoms with Gasteiger partial charge >= 0.3 is 17.9 Å². The van der Waals surface area contributed by atoms with E-state index >= 15 is 0 Å². The molecule has 6 nitrogen and oxygen atoms in total. The normalized spacial score (nSPS) is 12.5. The van der Waals surface area contributed by atoms with Crippen LogP contribution >= 0.6 is 0 Å². The van der Waals surface area contributed by atoms with Crippen molar-refractivity contribution in [2.24, 2.45) is 0 Å². The molecule has 0 N–H and O–H groups in total. The van der Waals surface area contributed by atoms with E-state index in [0.717, 1.165) is 96.3 Å². The topological polar surface area (TPSA) is 78.9 Å². The largest absolute Gasteiger partial charge is 0.462 e. The molecule has 1 atom stereocenters. The molecular weight excluding hydrogens is 781 g/mol. The number of hydrogen-bond donors (Lipinski definition) is 0. The van der Waals surface area contributed by atoms with Crippen LogP contribution in [-0.2, 0) is 28.6 Å². The van der Waals surface area contributed by atoms with Gasteiger partial charge in [0.05, 0.1) is 0 Å². The average Bonchev–Trinajstić information content (AvgIpc) is 3.28. The molecule has 0 heterocycles. The Hall–Kier alpha value is -2.89. The number of ether oxygens (including phenoxy) is 3. The Kier molecular flexibility index (Phi) is 49.4. The van der Waals surface area contributed by atoms with E-state index in [0.29, 0.717) is 19.3 Å². The first-order chi connectivity index (χ1) is 31.0. The van der Waals surface area contributed by atoms with Crippen molar-refractivity contribution in [3.8, 4) is 0 Å². The summed E-state index contributed by atoms with van der Waals surface area (Å²) in [5.74, 6) is -0.905. The minimum absolute atomic E-state index is 0.0809. The zero-order valence-electron chi connectivity index (χ0n) is 41.6. The first-order valence-corrected chi connectivity index (χ1v) is 26.8. The maximum atomic E-state index is 12.7. The van der Waals surface area contributed by atoms with Crippen molar-refractivity contribution in [1.29, 1.82) is 0 Å². The molecule has 0 aliphatic heterocycles. The molecule has 0 bridgehead atoms. The van der Waals surface area contributed by atoms with Crippen molar-refractivity contribution in [3.05, 3.63) is 60.8 Å². The van der Waals surface area contributed by atoms with Crippen LogP contribution in [0.5, 0.6) is 0 Å². The van der Waals surface area contributed by atoms with Gasteiger partial charge in [-0.15, -0.1) is 0 Å². The maximum absolute atomic E-state index is 12.7. The molecule has 0 aliphatic carbocycles. The molecule has 0 saturated carbocycles. The summed E-state index contributed by atoms with van der Waals surface area (Å²) in [5.41, 5.74) is 0. The van der Waals surface area contributed by atoms with Gasteiger partial charge in [-0.25, -0.2) is 0 Å². The van der Waals surface area contributed by atoms with Crippen LogP contribution < -0.4 is 0 Å². The number of rotatable bonds is 48. The highest BCUT2D eigenvalue weighted by Gasteiger charge is 2.19. The van der Waals surface area contributed by atoms with Crippen molar-refractivity contribution in [2.75, 3.05) is 13.2 Å². The Bertz CT molecular complexity index is 1150. The number of carbonyl (C=O) groups excluding carboxylic acids is 3. The number of allylic oxidation sites excluding steroid dienone is 10. The van der Waals surface area contributed by atoms with Crippen LogP contribution in [0.1, 0.15) is 265 Å². The molecule has 0 fully saturated rings. The first-order valence-electron chi connectivity index (χ1n) is 26.8. The predicted octanol–water partition coefficient (Wildman–Crippen LogP) is 17.6. The lowest BCUT2D eigenvalue weighted by Crippen LogP contribution is -2.30. The summed E-state index contributed by atoms with van der Waals surface area (Å²) in [6.45, 7) is 6.52. The third-order valence-electron chi connectivity index (χ3n) is 11.5. The zero-order valence-corrected chi connectivity index (χ0v) is 41.6. The third-order valence-corrected chi connectivity index (χ3v) is 11.5. The second-order valence-electron chi connectivity index (χ2n) is 17.8. The lowest BCUT2D eigenvalue weighted by molar-refractivity contribution is -0.167. The van der Waals surface area contributed by atoms with Crippen molar-refractivity contribution in [3.63, 3.8) is 0 Å². The molecule has 0 rings (SSSR count). The molecule has 0 radical (unpaired) electrons. The molecule has 1 unspecified atom stereocenters. The van der Waals surface area contributed by atoms with Gasteiger partial charge < -0.3 is 14.2 Å². The van der Waals surface area contributed by atoms with Crippen LogP contribution in [0.25, 0.3) is 0 Å². The highest BCUT2D eigenvalue weighted by molar-refractivity contribution is 5.71. The summed E-state index contributed by atoms with van der Waals surface area (Å²) in [6, 6.07) is 0. The molecule has 0 saturated heterocycles. The fraction of sp³-hybridized carbons (Fsp3) is 0.772. The van der Waals surface area contributed by atoms with Gasteiger partial charge in [0.1, 0.15) is 13.2 Å².